The van der Waals surface area contributed by atoms with Crippen LogP contribution in [-0.2, 0) is 22.4 Å². The molecule has 0 aliphatic carbocycles. The van der Waals surface area contributed by atoms with Gasteiger partial charge in [-0.3, -0.25) is 9.59 Å². The van der Waals surface area contributed by atoms with Gasteiger partial charge in [0.15, 0.2) is 0 Å². The summed E-state index contributed by atoms with van der Waals surface area (Å²) in [5, 5.41) is 17.7. The molecule has 0 bridgehead atoms. The SMILES string of the molecule is CC(C)Cc1ccc(C(C)C(=O)O)cc1.CC(C)Cc1ccc(C(C)C(=O)O)cc1. The molecule has 0 radical (unpaired) electrons. The van der Waals surface area contributed by atoms with E-state index < -0.39 is 23.8 Å². The molecule has 4 heteroatoms. The lowest BCUT2D eigenvalue weighted by atomic mass is 9.97. The summed E-state index contributed by atoms with van der Waals surface area (Å²) in [5.74, 6) is -1.12. The molecule has 2 rings (SSSR count). The van der Waals surface area contributed by atoms with Crippen LogP contribution in [0.5, 0.6) is 0 Å². The second-order valence-electron chi connectivity index (χ2n) is 8.80. The topological polar surface area (TPSA) is 74.6 Å². The minimum atomic E-state index is -0.772. The number of aliphatic carboxylic acids is 2. The predicted octanol–water partition coefficient (Wildman–Crippen LogP) is 6.15. The zero-order valence-electron chi connectivity index (χ0n) is 19.1. The molecule has 2 N–H and O–H groups in total. The van der Waals surface area contributed by atoms with Crippen LogP contribution in [0.25, 0.3) is 0 Å². The van der Waals surface area contributed by atoms with E-state index in [-0.39, 0.29) is 0 Å². The molecule has 0 aromatic heterocycles. The van der Waals surface area contributed by atoms with E-state index in [1.54, 1.807) is 13.8 Å². The van der Waals surface area contributed by atoms with E-state index in [9.17, 15) is 9.59 Å². The van der Waals surface area contributed by atoms with Gasteiger partial charge in [-0.25, -0.2) is 0 Å². The Bertz CT molecular complexity index is 719. The Morgan fingerprint density at radius 2 is 0.867 bits per heavy atom. The number of carboxylic acid groups (broad SMARTS) is 2. The highest BCUT2D eigenvalue weighted by Crippen LogP contribution is 2.18. The molecule has 0 aliphatic rings. The zero-order chi connectivity index (χ0) is 22.8. The molecular formula is C26H36O4. The van der Waals surface area contributed by atoms with E-state index in [1.165, 1.54) is 11.1 Å². The van der Waals surface area contributed by atoms with Crippen LogP contribution >= 0.6 is 0 Å². The highest BCUT2D eigenvalue weighted by atomic mass is 16.4. The van der Waals surface area contributed by atoms with Gasteiger partial charge in [-0.05, 0) is 60.8 Å². The lowest BCUT2D eigenvalue weighted by Crippen LogP contribution is -2.07. The van der Waals surface area contributed by atoms with Gasteiger partial charge >= 0.3 is 11.9 Å². The first-order valence-electron chi connectivity index (χ1n) is 10.6. The molecule has 0 fully saturated rings. The molecular weight excluding hydrogens is 376 g/mol. The highest BCUT2D eigenvalue weighted by molar-refractivity contribution is 5.75. The Morgan fingerprint density at radius 1 is 0.600 bits per heavy atom. The third-order valence-corrected chi connectivity index (χ3v) is 4.99. The van der Waals surface area contributed by atoms with Gasteiger partial charge in [0.1, 0.15) is 0 Å². The fourth-order valence-corrected chi connectivity index (χ4v) is 3.11. The average Bonchev–Trinajstić information content (AvgIpc) is 2.67. The first-order valence-corrected chi connectivity index (χ1v) is 10.6. The zero-order valence-corrected chi connectivity index (χ0v) is 19.1. The summed E-state index contributed by atoms with van der Waals surface area (Å²) >= 11 is 0. The van der Waals surface area contributed by atoms with Crippen molar-refractivity contribution in [3.8, 4) is 0 Å². The van der Waals surface area contributed by atoms with Crippen molar-refractivity contribution < 1.29 is 19.8 Å². The number of benzene rings is 2. The van der Waals surface area contributed by atoms with Crippen LogP contribution < -0.4 is 0 Å². The summed E-state index contributed by atoms with van der Waals surface area (Å²) in [4.78, 5) is 21.5. The van der Waals surface area contributed by atoms with Crippen molar-refractivity contribution in [3.63, 3.8) is 0 Å². The molecule has 0 spiro atoms. The number of carboxylic acids is 2. The normalized spacial score (nSPS) is 12.8. The Balaban J connectivity index is 0.000000300. The van der Waals surface area contributed by atoms with Crippen LogP contribution in [0, 0.1) is 11.8 Å². The fraction of sp³-hybridized carbons (Fsp3) is 0.462. The summed E-state index contributed by atoms with van der Waals surface area (Å²) in [7, 11) is 0. The Hall–Kier alpha value is -2.62. The maximum absolute atomic E-state index is 10.8. The van der Waals surface area contributed by atoms with Crippen LogP contribution in [0.1, 0.15) is 75.6 Å². The maximum Gasteiger partial charge on any atom is 0.310 e. The van der Waals surface area contributed by atoms with Crippen molar-refractivity contribution in [2.75, 3.05) is 0 Å². The Morgan fingerprint density at radius 3 is 1.07 bits per heavy atom. The van der Waals surface area contributed by atoms with Crippen molar-refractivity contribution in [1.82, 2.24) is 0 Å². The molecule has 0 heterocycles. The molecule has 2 aromatic carbocycles. The molecule has 164 valence electrons. The van der Waals surface area contributed by atoms with Crippen molar-refractivity contribution in [3.05, 3.63) is 70.8 Å². The second-order valence-corrected chi connectivity index (χ2v) is 8.80. The van der Waals surface area contributed by atoms with E-state index in [0.29, 0.717) is 11.8 Å². The highest BCUT2D eigenvalue weighted by Gasteiger charge is 2.13. The molecule has 4 nitrogen and oxygen atoms in total. The molecule has 30 heavy (non-hydrogen) atoms. The number of rotatable bonds is 8. The van der Waals surface area contributed by atoms with E-state index in [2.05, 4.69) is 27.7 Å². The molecule has 2 aromatic rings. The Labute approximate surface area is 181 Å². The lowest BCUT2D eigenvalue weighted by molar-refractivity contribution is -0.139. The van der Waals surface area contributed by atoms with Crippen molar-refractivity contribution in [2.24, 2.45) is 11.8 Å². The molecule has 2 atom stereocenters. The van der Waals surface area contributed by atoms with Gasteiger partial charge in [-0.2, -0.15) is 0 Å². The van der Waals surface area contributed by atoms with Crippen molar-refractivity contribution in [2.45, 2.75) is 66.2 Å². The summed E-state index contributed by atoms with van der Waals surface area (Å²) in [5.41, 5.74) is 4.28. The van der Waals surface area contributed by atoms with Gasteiger partial charge in [0, 0.05) is 0 Å². The number of hydrogen-bond donors (Lipinski definition) is 2. The third-order valence-electron chi connectivity index (χ3n) is 4.99. The van der Waals surface area contributed by atoms with Gasteiger partial charge in [-0.1, -0.05) is 76.2 Å². The average molecular weight is 413 g/mol. The van der Waals surface area contributed by atoms with E-state index in [1.807, 2.05) is 48.5 Å². The number of hydrogen-bond acceptors (Lipinski definition) is 2. The minimum absolute atomic E-state index is 0.418. The second kappa shape index (κ2) is 12.2. The molecule has 0 saturated carbocycles. The maximum atomic E-state index is 10.8. The quantitative estimate of drug-likeness (QED) is 0.545. The van der Waals surface area contributed by atoms with Crippen LogP contribution in [0.4, 0.5) is 0 Å². The first kappa shape index (κ1) is 25.4. The smallest absolute Gasteiger partial charge is 0.310 e. The van der Waals surface area contributed by atoms with E-state index in [0.717, 1.165) is 24.0 Å². The van der Waals surface area contributed by atoms with E-state index >= 15 is 0 Å². The van der Waals surface area contributed by atoms with Gasteiger partial charge in [0.05, 0.1) is 11.8 Å². The minimum Gasteiger partial charge on any atom is -0.481 e. The number of carbonyl (C=O) groups is 2. The van der Waals surface area contributed by atoms with E-state index in [4.69, 9.17) is 10.2 Å². The van der Waals surface area contributed by atoms with Gasteiger partial charge in [0.2, 0.25) is 0 Å². The fourth-order valence-electron chi connectivity index (χ4n) is 3.11. The van der Waals surface area contributed by atoms with Crippen LogP contribution in [0.2, 0.25) is 0 Å². The third kappa shape index (κ3) is 8.81. The van der Waals surface area contributed by atoms with Crippen molar-refractivity contribution in [1.29, 1.82) is 0 Å². The standard InChI is InChI=1S/2C13H18O2/c2*1-9(2)8-11-4-6-12(7-5-11)10(3)13(14)15/h2*4-7,9-10H,8H2,1-3H3,(H,14,15). The lowest BCUT2D eigenvalue weighted by Gasteiger charge is -2.09. The predicted molar refractivity (Wildman–Crippen MR) is 122 cm³/mol. The largest absolute Gasteiger partial charge is 0.481 e. The van der Waals surface area contributed by atoms with Crippen LogP contribution in [0.3, 0.4) is 0 Å². The summed E-state index contributed by atoms with van der Waals surface area (Å²) < 4.78 is 0. The summed E-state index contributed by atoms with van der Waals surface area (Å²) in [6.07, 6.45) is 2.09. The van der Waals surface area contributed by atoms with Gasteiger partial charge < -0.3 is 10.2 Å². The first-order chi connectivity index (χ1) is 14.0. The molecule has 2 unspecified atom stereocenters. The van der Waals surface area contributed by atoms with Crippen LogP contribution in [0.15, 0.2) is 48.5 Å². The molecule has 0 saturated heterocycles. The monoisotopic (exact) mass is 412 g/mol. The molecule has 0 amide bonds. The molecule has 0 aliphatic heterocycles. The van der Waals surface area contributed by atoms with Gasteiger partial charge in [0.25, 0.3) is 0 Å². The van der Waals surface area contributed by atoms with Crippen LogP contribution in [-0.4, -0.2) is 22.2 Å². The summed E-state index contributed by atoms with van der Waals surface area (Å²) in [6, 6.07) is 15.7. The van der Waals surface area contributed by atoms with Crippen molar-refractivity contribution >= 4 is 11.9 Å². The Kier molecular flexibility index (Phi) is 10.3. The van der Waals surface area contributed by atoms with Gasteiger partial charge in [-0.15, -0.1) is 0 Å². The summed E-state index contributed by atoms with van der Waals surface area (Å²) in [6.45, 7) is 12.1.